The van der Waals surface area contributed by atoms with Crippen molar-refractivity contribution in [2.75, 3.05) is 18.0 Å². The Labute approximate surface area is 134 Å². The van der Waals surface area contributed by atoms with Crippen molar-refractivity contribution < 1.29 is 0 Å². The molecule has 2 aromatic rings. The fourth-order valence-electron chi connectivity index (χ4n) is 2.92. The van der Waals surface area contributed by atoms with Crippen LogP contribution in [0.1, 0.15) is 24.1 Å². The third-order valence-corrected chi connectivity index (χ3v) is 4.29. The van der Waals surface area contributed by atoms with E-state index in [1.807, 2.05) is 24.3 Å². The zero-order valence-electron chi connectivity index (χ0n) is 12.3. The van der Waals surface area contributed by atoms with Crippen LogP contribution in [0.5, 0.6) is 0 Å². The third-order valence-electron chi connectivity index (χ3n) is 3.99. The number of aromatic nitrogens is 1. The van der Waals surface area contributed by atoms with E-state index in [2.05, 4.69) is 9.88 Å². The average Bonchev–Trinajstić information content (AvgIpc) is 3.00. The molecule has 1 aliphatic heterocycles. The van der Waals surface area contributed by atoms with Crippen LogP contribution in [-0.2, 0) is 0 Å². The van der Waals surface area contributed by atoms with Crippen LogP contribution in [0.4, 0.5) is 5.69 Å². The predicted octanol–water partition coefficient (Wildman–Crippen LogP) is 3.48. The Morgan fingerprint density at radius 1 is 1.27 bits per heavy atom. The van der Waals surface area contributed by atoms with Crippen molar-refractivity contribution in [2.24, 2.45) is 0 Å². The lowest BCUT2D eigenvalue weighted by atomic mass is 10.0. The molecule has 0 unspecified atom stereocenters. The Balaban J connectivity index is 2.09. The second-order valence-electron chi connectivity index (χ2n) is 5.54. The van der Waals surface area contributed by atoms with Gasteiger partial charge in [0.1, 0.15) is 11.6 Å². The van der Waals surface area contributed by atoms with Gasteiger partial charge in [-0.2, -0.15) is 5.26 Å². The highest BCUT2D eigenvalue weighted by atomic mass is 35.5. The lowest BCUT2D eigenvalue weighted by Gasteiger charge is -2.19. The van der Waals surface area contributed by atoms with Gasteiger partial charge in [-0.05, 0) is 43.5 Å². The first-order chi connectivity index (χ1) is 10.6. The molecule has 0 atom stereocenters. The van der Waals surface area contributed by atoms with Gasteiger partial charge in [0, 0.05) is 24.3 Å². The van der Waals surface area contributed by atoms with Crippen LogP contribution in [0.2, 0.25) is 5.02 Å². The number of halogens is 1. The number of rotatable bonds is 2. The van der Waals surface area contributed by atoms with Crippen LogP contribution in [0.15, 0.2) is 29.1 Å². The Hall–Kier alpha value is -2.25. The standard InChI is InChI=1S/C17H16ClN3O/c1-11-8-13(14(10-19)17(22)20-11)12-4-5-16(15(18)9-12)21-6-2-3-7-21/h4-5,8-9H,2-3,6-7H2,1H3,(H,20,22). The number of nitrogens with zero attached hydrogens (tertiary/aromatic N) is 2. The molecule has 0 radical (unpaired) electrons. The Kier molecular flexibility index (Phi) is 3.91. The number of benzene rings is 1. The lowest BCUT2D eigenvalue weighted by Crippen LogP contribution is -2.18. The van der Waals surface area contributed by atoms with Crippen molar-refractivity contribution >= 4 is 17.3 Å². The van der Waals surface area contributed by atoms with Gasteiger partial charge in [-0.1, -0.05) is 17.7 Å². The zero-order chi connectivity index (χ0) is 15.7. The first-order valence-corrected chi connectivity index (χ1v) is 7.67. The zero-order valence-corrected chi connectivity index (χ0v) is 13.1. The van der Waals surface area contributed by atoms with E-state index in [4.69, 9.17) is 11.6 Å². The number of hydrogen-bond acceptors (Lipinski definition) is 3. The number of pyridine rings is 1. The molecule has 2 heterocycles. The summed E-state index contributed by atoms with van der Waals surface area (Å²) in [5.74, 6) is 0. The average molecular weight is 314 g/mol. The van der Waals surface area contributed by atoms with Gasteiger partial charge in [-0.25, -0.2) is 0 Å². The molecule has 0 bridgehead atoms. The van der Waals surface area contributed by atoms with Crippen LogP contribution in [0.25, 0.3) is 11.1 Å². The molecule has 3 rings (SSSR count). The SMILES string of the molecule is Cc1cc(-c2ccc(N3CCCC3)c(Cl)c2)c(C#N)c(=O)[nH]1. The summed E-state index contributed by atoms with van der Waals surface area (Å²) in [4.78, 5) is 16.8. The van der Waals surface area contributed by atoms with E-state index in [0.29, 0.717) is 10.6 Å². The highest BCUT2D eigenvalue weighted by Gasteiger charge is 2.17. The molecule has 5 heteroatoms. The maximum Gasteiger partial charge on any atom is 0.266 e. The second-order valence-corrected chi connectivity index (χ2v) is 5.95. The van der Waals surface area contributed by atoms with Gasteiger partial charge < -0.3 is 9.88 Å². The van der Waals surface area contributed by atoms with E-state index in [1.54, 1.807) is 13.0 Å². The smallest absolute Gasteiger partial charge is 0.266 e. The maximum absolute atomic E-state index is 11.9. The molecule has 1 N–H and O–H groups in total. The number of aryl methyl sites for hydroxylation is 1. The van der Waals surface area contributed by atoms with Crippen molar-refractivity contribution in [1.82, 2.24) is 4.98 Å². The molecule has 1 aromatic heterocycles. The number of anilines is 1. The number of nitrogens with one attached hydrogen (secondary N) is 1. The summed E-state index contributed by atoms with van der Waals surface area (Å²) in [6.45, 7) is 3.84. The molecular formula is C17H16ClN3O. The quantitative estimate of drug-likeness (QED) is 0.923. The van der Waals surface area contributed by atoms with Crippen LogP contribution in [0, 0.1) is 18.3 Å². The molecule has 1 saturated heterocycles. The van der Waals surface area contributed by atoms with E-state index >= 15 is 0 Å². The fraction of sp³-hybridized carbons (Fsp3) is 0.294. The van der Waals surface area contributed by atoms with E-state index in [1.165, 1.54) is 12.8 Å². The highest BCUT2D eigenvalue weighted by Crippen LogP contribution is 2.33. The summed E-state index contributed by atoms with van der Waals surface area (Å²) in [7, 11) is 0. The number of H-pyrrole nitrogens is 1. The Morgan fingerprint density at radius 3 is 2.64 bits per heavy atom. The van der Waals surface area contributed by atoms with Crippen molar-refractivity contribution in [3.8, 4) is 17.2 Å². The third kappa shape index (κ3) is 2.60. The normalized spacial score (nSPS) is 14.1. The molecular weight excluding hydrogens is 298 g/mol. The highest BCUT2D eigenvalue weighted by molar-refractivity contribution is 6.33. The van der Waals surface area contributed by atoms with Gasteiger partial charge in [0.25, 0.3) is 5.56 Å². The lowest BCUT2D eigenvalue weighted by molar-refractivity contribution is 0.949. The van der Waals surface area contributed by atoms with Crippen LogP contribution in [-0.4, -0.2) is 18.1 Å². The predicted molar refractivity (Wildman–Crippen MR) is 88.4 cm³/mol. The number of hydrogen-bond donors (Lipinski definition) is 1. The largest absolute Gasteiger partial charge is 0.370 e. The van der Waals surface area contributed by atoms with Crippen LogP contribution < -0.4 is 10.5 Å². The van der Waals surface area contributed by atoms with Crippen molar-refractivity contribution in [1.29, 1.82) is 5.26 Å². The van der Waals surface area contributed by atoms with E-state index < -0.39 is 0 Å². The maximum atomic E-state index is 11.9. The first kappa shape index (κ1) is 14.7. The summed E-state index contributed by atoms with van der Waals surface area (Å²) in [6, 6.07) is 9.52. The molecule has 1 aromatic carbocycles. The summed E-state index contributed by atoms with van der Waals surface area (Å²) < 4.78 is 0. The molecule has 1 fully saturated rings. The van der Waals surface area contributed by atoms with Crippen molar-refractivity contribution in [3.05, 3.63) is 50.9 Å². The molecule has 0 spiro atoms. The number of nitriles is 1. The summed E-state index contributed by atoms with van der Waals surface area (Å²) in [5.41, 5.74) is 2.91. The van der Waals surface area contributed by atoms with Crippen molar-refractivity contribution in [3.63, 3.8) is 0 Å². The van der Waals surface area contributed by atoms with E-state index in [0.717, 1.165) is 30.0 Å². The van der Waals surface area contributed by atoms with E-state index in [9.17, 15) is 10.1 Å². The van der Waals surface area contributed by atoms with Crippen molar-refractivity contribution in [2.45, 2.75) is 19.8 Å². The Bertz CT molecular complexity index is 814. The molecule has 0 aliphatic carbocycles. The van der Waals surface area contributed by atoms with Gasteiger partial charge in [0.15, 0.2) is 0 Å². The molecule has 0 saturated carbocycles. The molecule has 4 nitrogen and oxygen atoms in total. The topological polar surface area (TPSA) is 59.9 Å². The van der Waals surface area contributed by atoms with Gasteiger partial charge >= 0.3 is 0 Å². The monoisotopic (exact) mass is 313 g/mol. The number of aromatic amines is 1. The minimum Gasteiger partial charge on any atom is -0.370 e. The fourth-order valence-corrected chi connectivity index (χ4v) is 3.22. The molecule has 0 amide bonds. The minimum absolute atomic E-state index is 0.121. The van der Waals surface area contributed by atoms with Gasteiger partial charge in [0.05, 0.1) is 10.7 Å². The van der Waals surface area contributed by atoms with Gasteiger partial charge in [-0.3, -0.25) is 4.79 Å². The summed E-state index contributed by atoms with van der Waals surface area (Å²) in [5, 5.41) is 9.89. The summed E-state index contributed by atoms with van der Waals surface area (Å²) in [6.07, 6.45) is 2.37. The molecule has 22 heavy (non-hydrogen) atoms. The second kappa shape index (κ2) is 5.86. The van der Waals surface area contributed by atoms with Crippen LogP contribution >= 0.6 is 11.6 Å². The van der Waals surface area contributed by atoms with Gasteiger partial charge in [0.2, 0.25) is 0 Å². The van der Waals surface area contributed by atoms with Gasteiger partial charge in [-0.15, -0.1) is 0 Å². The van der Waals surface area contributed by atoms with E-state index in [-0.39, 0.29) is 11.1 Å². The van der Waals surface area contributed by atoms with Crippen LogP contribution in [0.3, 0.4) is 0 Å². The molecule has 1 aliphatic rings. The molecule has 112 valence electrons. The summed E-state index contributed by atoms with van der Waals surface area (Å²) >= 11 is 6.42. The Morgan fingerprint density at radius 2 is 2.00 bits per heavy atom. The first-order valence-electron chi connectivity index (χ1n) is 7.29. The minimum atomic E-state index is -0.364.